The topological polar surface area (TPSA) is 54.9 Å². The Hall–Kier alpha value is -2.60. The second-order valence-electron chi connectivity index (χ2n) is 6.04. The summed E-state index contributed by atoms with van der Waals surface area (Å²) in [6.07, 6.45) is 0.0930. The number of carbonyl (C=O) groups is 1. The minimum Gasteiger partial charge on any atom is -0.300 e. The molecule has 3 rings (SSSR count). The van der Waals surface area contributed by atoms with E-state index in [1.54, 1.807) is 12.1 Å². The molecule has 0 aliphatic heterocycles. The number of rotatable bonds is 5. The molecule has 0 saturated heterocycles. The Bertz CT molecular complexity index is 874. The number of nitrogens with one attached hydrogen (secondary N) is 1. The van der Waals surface area contributed by atoms with E-state index in [0.29, 0.717) is 16.6 Å². The molecule has 0 atom stereocenters. The van der Waals surface area contributed by atoms with Gasteiger partial charge in [-0.15, -0.1) is 10.2 Å². The number of hydrogen-bond donors (Lipinski definition) is 1. The molecule has 1 N–H and O–H groups in total. The van der Waals surface area contributed by atoms with Crippen molar-refractivity contribution in [1.82, 2.24) is 10.2 Å². The summed E-state index contributed by atoms with van der Waals surface area (Å²) in [5, 5.41) is 12.0. The molecule has 128 valence electrons. The second kappa shape index (κ2) is 7.53. The largest absolute Gasteiger partial charge is 0.300 e. The molecule has 1 heterocycles. The van der Waals surface area contributed by atoms with Gasteiger partial charge in [0.15, 0.2) is 0 Å². The van der Waals surface area contributed by atoms with E-state index in [4.69, 9.17) is 0 Å². The number of hydrogen-bond acceptors (Lipinski definition) is 4. The molecule has 25 heavy (non-hydrogen) atoms. The van der Waals surface area contributed by atoms with E-state index in [0.717, 1.165) is 10.6 Å². The van der Waals surface area contributed by atoms with Crippen LogP contribution in [0.5, 0.6) is 0 Å². The Labute approximate surface area is 149 Å². The minimum atomic E-state index is -0.353. The summed E-state index contributed by atoms with van der Waals surface area (Å²) in [6.45, 7) is 4.29. The van der Waals surface area contributed by atoms with Gasteiger partial charge in [-0.3, -0.25) is 4.79 Å². The molecule has 6 heteroatoms. The van der Waals surface area contributed by atoms with Crippen LogP contribution in [0.3, 0.4) is 0 Å². The standard InChI is InChI=1S/C19H18FN3OS/c1-12(2)14-6-8-15(9-7-14)18-22-23-19(25-18)21-17(24)11-13-4-3-5-16(20)10-13/h3-10,12H,11H2,1-2H3,(H,21,23,24). The lowest BCUT2D eigenvalue weighted by Crippen LogP contribution is -2.14. The van der Waals surface area contributed by atoms with E-state index in [2.05, 4.69) is 41.5 Å². The van der Waals surface area contributed by atoms with Crippen LogP contribution in [-0.2, 0) is 11.2 Å². The third-order valence-electron chi connectivity index (χ3n) is 3.75. The zero-order valence-corrected chi connectivity index (χ0v) is 14.8. The molecule has 0 aliphatic rings. The summed E-state index contributed by atoms with van der Waals surface area (Å²) in [6, 6.07) is 14.2. The highest BCUT2D eigenvalue weighted by molar-refractivity contribution is 7.18. The molecule has 0 spiro atoms. The SMILES string of the molecule is CC(C)c1ccc(-c2nnc(NC(=O)Cc3cccc(F)c3)s2)cc1. The maximum Gasteiger partial charge on any atom is 0.230 e. The number of amides is 1. The predicted octanol–water partition coefficient (Wildman–Crippen LogP) is 4.65. The summed E-state index contributed by atoms with van der Waals surface area (Å²) >= 11 is 1.31. The first-order chi connectivity index (χ1) is 12.0. The Morgan fingerprint density at radius 2 is 1.92 bits per heavy atom. The lowest BCUT2D eigenvalue weighted by atomic mass is 10.0. The van der Waals surface area contributed by atoms with Gasteiger partial charge in [0, 0.05) is 5.56 Å². The first-order valence-corrected chi connectivity index (χ1v) is 8.81. The van der Waals surface area contributed by atoms with Crippen molar-refractivity contribution >= 4 is 22.4 Å². The van der Waals surface area contributed by atoms with Crippen molar-refractivity contribution < 1.29 is 9.18 Å². The quantitative estimate of drug-likeness (QED) is 0.725. The van der Waals surface area contributed by atoms with Crippen molar-refractivity contribution in [3.63, 3.8) is 0 Å². The molecule has 0 fully saturated rings. The van der Waals surface area contributed by atoms with Crippen molar-refractivity contribution in [2.24, 2.45) is 0 Å². The van der Waals surface area contributed by atoms with Gasteiger partial charge in [-0.05, 0) is 29.2 Å². The van der Waals surface area contributed by atoms with Gasteiger partial charge in [0.25, 0.3) is 0 Å². The van der Waals surface area contributed by atoms with Gasteiger partial charge >= 0.3 is 0 Å². The van der Waals surface area contributed by atoms with E-state index < -0.39 is 0 Å². The van der Waals surface area contributed by atoms with Crippen LogP contribution in [0.4, 0.5) is 9.52 Å². The number of nitrogens with zero attached hydrogens (tertiary/aromatic N) is 2. The van der Waals surface area contributed by atoms with Gasteiger partial charge in [0.2, 0.25) is 11.0 Å². The Balaban J connectivity index is 1.66. The maximum atomic E-state index is 13.2. The van der Waals surface area contributed by atoms with Crippen LogP contribution < -0.4 is 5.32 Å². The van der Waals surface area contributed by atoms with Crippen LogP contribution in [0.15, 0.2) is 48.5 Å². The van der Waals surface area contributed by atoms with Gasteiger partial charge in [0.05, 0.1) is 6.42 Å². The highest BCUT2D eigenvalue weighted by Gasteiger charge is 2.11. The Kier molecular flexibility index (Phi) is 5.19. The van der Waals surface area contributed by atoms with E-state index >= 15 is 0 Å². The molecule has 2 aromatic carbocycles. The Morgan fingerprint density at radius 1 is 1.16 bits per heavy atom. The van der Waals surface area contributed by atoms with Crippen LogP contribution in [0, 0.1) is 5.82 Å². The van der Waals surface area contributed by atoms with E-state index in [1.165, 1.54) is 29.0 Å². The number of benzene rings is 2. The van der Waals surface area contributed by atoms with E-state index in [-0.39, 0.29) is 18.1 Å². The maximum absolute atomic E-state index is 13.2. The minimum absolute atomic E-state index is 0.0930. The summed E-state index contributed by atoms with van der Waals surface area (Å²) in [5.41, 5.74) is 2.84. The van der Waals surface area contributed by atoms with Crippen molar-refractivity contribution in [2.75, 3.05) is 5.32 Å². The summed E-state index contributed by atoms with van der Waals surface area (Å²) in [5.74, 6) is -0.127. The van der Waals surface area contributed by atoms with E-state index in [9.17, 15) is 9.18 Å². The molecule has 0 saturated carbocycles. The number of anilines is 1. The molecule has 0 aliphatic carbocycles. The normalized spacial score (nSPS) is 10.9. The molecule has 3 aromatic rings. The fourth-order valence-electron chi connectivity index (χ4n) is 2.40. The monoisotopic (exact) mass is 355 g/mol. The molecule has 1 aromatic heterocycles. The van der Waals surface area contributed by atoms with Gasteiger partial charge < -0.3 is 5.32 Å². The lowest BCUT2D eigenvalue weighted by molar-refractivity contribution is -0.115. The zero-order chi connectivity index (χ0) is 17.8. The fourth-order valence-corrected chi connectivity index (χ4v) is 3.16. The van der Waals surface area contributed by atoms with Gasteiger partial charge in [-0.25, -0.2) is 4.39 Å². The average Bonchev–Trinajstić information content (AvgIpc) is 3.03. The molecular formula is C19H18FN3OS. The Morgan fingerprint density at radius 3 is 2.60 bits per heavy atom. The lowest BCUT2D eigenvalue weighted by Gasteiger charge is -2.04. The highest BCUT2D eigenvalue weighted by atomic mass is 32.1. The first-order valence-electron chi connectivity index (χ1n) is 7.99. The molecule has 1 amide bonds. The van der Waals surface area contributed by atoms with E-state index in [1.807, 2.05) is 12.1 Å². The van der Waals surface area contributed by atoms with Gasteiger partial charge in [0.1, 0.15) is 10.8 Å². The van der Waals surface area contributed by atoms with Crippen LogP contribution in [0.2, 0.25) is 0 Å². The average molecular weight is 355 g/mol. The second-order valence-corrected chi connectivity index (χ2v) is 7.02. The number of aromatic nitrogens is 2. The van der Waals surface area contributed by atoms with Crippen molar-refractivity contribution in [2.45, 2.75) is 26.2 Å². The molecule has 4 nitrogen and oxygen atoms in total. The molecule has 0 unspecified atom stereocenters. The molecule has 0 bridgehead atoms. The van der Waals surface area contributed by atoms with Gasteiger partial charge in [-0.2, -0.15) is 0 Å². The molecule has 0 radical (unpaired) electrons. The zero-order valence-electron chi connectivity index (χ0n) is 14.0. The highest BCUT2D eigenvalue weighted by Crippen LogP contribution is 2.27. The number of carbonyl (C=O) groups excluding carboxylic acids is 1. The van der Waals surface area contributed by atoms with Crippen molar-refractivity contribution in [1.29, 1.82) is 0 Å². The summed E-state index contributed by atoms with van der Waals surface area (Å²) in [4.78, 5) is 12.1. The third-order valence-corrected chi connectivity index (χ3v) is 4.64. The van der Waals surface area contributed by atoms with Crippen LogP contribution in [0.25, 0.3) is 10.6 Å². The van der Waals surface area contributed by atoms with Crippen LogP contribution in [-0.4, -0.2) is 16.1 Å². The first kappa shape index (κ1) is 17.2. The van der Waals surface area contributed by atoms with Crippen molar-refractivity contribution in [3.05, 3.63) is 65.5 Å². The number of halogens is 1. The third kappa shape index (κ3) is 4.48. The van der Waals surface area contributed by atoms with Crippen LogP contribution in [0.1, 0.15) is 30.9 Å². The molecular weight excluding hydrogens is 337 g/mol. The van der Waals surface area contributed by atoms with Crippen molar-refractivity contribution in [3.8, 4) is 10.6 Å². The summed E-state index contributed by atoms with van der Waals surface area (Å²) in [7, 11) is 0. The smallest absolute Gasteiger partial charge is 0.230 e. The van der Waals surface area contributed by atoms with Gasteiger partial charge in [-0.1, -0.05) is 61.6 Å². The predicted molar refractivity (Wildman–Crippen MR) is 98.2 cm³/mol. The van der Waals surface area contributed by atoms with Crippen LogP contribution >= 0.6 is 11.3 Å². The fraction of sp³-hybridized carbons (Fsp3) is 0.211. The summed E-state index contributed by atoms with van der Waals surface area (Å²) < 4.78 is 13.2.